The summed E-state index contributed by atoms with van der Waals surface area (Å²) in [6.07, 6.45) is -1.16. The molecule has 2 unspecified atom stereocenters. The molecular formula is C11H22NO7P. The van der Waals surface area contributed by atoms with Crippen molar-refractivity contribution in [3.8, 4) is 0 Å². The fourth-order valence-corrected chi connectivity index (χ4v) is 1.57. The summed E-state index contributed by atoms with van der Waals surface area (Å²) in [6, 6.07) is 0. The number of rotatable bonds is 9. The largest absolute Gasteiger partial charge is 0.756 e. The van der Waals surface area contributed by atoms with E-state index in [4.69, 9.17) is 14.4 Å². The van der Waals surface area contributed by atoms with Crippen molar-refractivity contribution in [1.29, 1.82) is 0 Å². The smallest absolute Gasteiger partial charge is 0.333 e. The van der Waals surface area contributed by atoms with Crippen LogP contribution in [0.3, 0.4) is 0 Å². The van der Waals surface area contributed by atoms with Crippen LogP contribution in [-0.4, -0.2) is 62.5 Å². The van der Waals surface area contributed by atoms with Crippen LogP contribution >= 0.6 is 7.82 Å². The molecule has 0 radical (unpaired) electrons. The molecule has 0 fully saturated rings. The third-order valence-corrected chi connectivity index (χ3v) is 2.42. The SMILES string of the molecule is C=C(C)C(=O)OCCOC(C[N+](C)(C)C)OP(=O)([O-])O. The maximum absolute atomic E-state index is 11.1. The molecule has 0 aromatic heterocycles. The molecule has 8 nitrogen and oxygen atoms in total. The molecule has 0 spiro atoms. The standard InChI is InChI=1S/C11H22NO7P/c1-9(2)11(13)18-7-6-17-10(8-12(3,4)5)19-20(14,15)16/h10H,1,6-8H2,2-5H3,(H-,14,15,16). The van der Waals surface area contributed by atoms with Gasteiger partial charge in [-0.25, -0.2) is 4.79 Å². The van der Waals surface area contributed by atoms with E-state index in [-0.39, 0.29) is 25.3 Å². The van der Waals surface area contributed by atoms with Crippen molar-refractivity contribution in [2.24, 2.45) is 0 Å². The Balaban J connectivity index is 4.27. The van der Waals surface area contributed by atoms with E-state index in [9.17, 15) is 14.3 Å². The van der Waals surface area contributed by atoms with E-state index in [0.29, 0.717) is 4.48 Å². The zero-order valence-corrected chi connectivity index (χ0v) is 13.1. The molecule has 0 aliphatic carbocycles. The molecule has 2 atom stereocenters. The van der Waals surface area contributed by atoms with Gasteiger partial charge in [0.2, 0.25) is 6.29 Å². The van der Waals surface area contributed by atoms with Crippen LogP contribution in [0.25, 0.3) is 0 Å². The molecule has 9 heteroatoms. The molecule has 118 valence electrons. The average Bonchev–Trinajstić information content (AvgIpc) is 2.18. The minimum Gasteiger partial charge on any atom is -0.756 e. The Hall–Kier alpha value is -0.760. The number of carbonyl (C=O) groups is 1. The minimum atomic E-state index is -4.90. The second-order valence-corrected chi connectivity index (χ2v) is 6.41. The highest BCUT2D eigenvalue weighted by atomic mass is 31.2. The van der Waals surface area contributed by atoms with Crippen LogP contribution in [0.5, 0.6) is 0 Å². The average molecular weight is 311 g/mol. The van der Waals surface area contributed by atoms with E-state index in [2.05, 4.69) is 11.1 Å². The summed E-state index contributed by atoms with van der Waals surface area (Å²) in [5.41, 5.74) is 0.253. The first kappa shape index (κ1) is 19.2. The lowest BCUT2D eigenvalue weighted by atomic mass is 10.4. The number of ether oxygens (including phenoxy) is 2. The van der Waals surface area contributed by atoms with Crippen LogP contribution in [0.2, 0.25) is 0 Å². The Morgan fingerprint density at radius 1 is 1.40 bits per heavy atom. The molecule has 0 aromatic carbocycles. The number of hydrogen-bond donors (Lipinski definition) is 1. The summed E-state index contributed by atoms with van der Waals surface area (Å²) in [6.45, 7) is 4.96. The third kappa shape index (κ3) is 11.1. The zero-order valence-electron chi connectivity index (χ0n) is 12.2. The topological polar surface area (TPSA) is 105 Å². The van der Waals surface area contributed by atoms with Gasteiger partial charge in [-0.1, -0.05) is 6.58 Å². The van der Waals surface area contributed by atoms with Crippen molar-refractivity contribution in [3.05, 3.63) is 12.2 Å². The second kappa shape index (κ2) is 7.87. The molecule has 0 saturated carbocycles. The highest BCUT2D eigenvalue weighted by Gasteiger charge is 2.23. The van der Waals surface area contributed by atoms with Crippen LogP contribution in [0.4, 0.5) is 0 Å². The summed E-state index contributed by atoms with van der Waals surface area (Å²) < 4.78 is 25.4. The number of esters is 1. The van der Waals surface area contributed by atoms with Crippen LogP contribution in [0.15, 0.2) is 12.2 Å². The number of likely N-dealkylation sites (N-methyl/N-ethyl adjacent to an activating group) is 1. The molecule has 20 heavy (non-hydrogen) atoms. The van der Waals surface area contributed by atoms with Gasteiger partial charge in [-0.3, -0.25) is 9.09 Å². The van der Waals surface area contributed by atoms with E-state index in [0.717, 1.165) is 0 Å². The number of hydrogen-bond acceptors (Lipinski definition) is 6. The lowest BCUT2D eigenvalue weighted by Gasteiger charge is -2.31. The molecular weight excluding hydrogens is 289 g/mol. The molecule has 0 rings (SSSR count). The first-order chi connectivity index (χ1) is 8.91. The molecule has 0 bridgehead atoms. The molecule has 0 aromatic rings. The van der Waals surface area contributed by atoms with E-state index in [1.807, 2.05) is 0 Å². The lowest BCUT2D eigenvalue weighted by molar-refractivity contribution is -0.876. The van der Waals surface area contributed by atoms with E-state index >= 15 is 0 Å². The van der Waals surface area contributed by atoms with Gasteiger partial charge in [0, 0.05) is 5.57 Å². The molecule has 1 N–H and O–H groups in total. The number of carbonyl (C=O) groups excluding carboxylic acids is 1. The van der Waals surface area contributed by atoms with Crippen molar-refractivity contribution in [3.63, 3.8) is 0 Å². The van der Waals surface area contributed by atoms with Gasteiger partial charge in [0.1, 0.15) is 13.2 Å². The van der Waals surface area contributed by atoms with Gasteiger partial charge in [-0.2, -0.15) is 0 Å². The van der Waals surface area contributed by atoms with Crippen LogP contribution in [0, 0.1) is 0 Å². The Morgan fingerprint density at radius 3 is 2.35 bits per heavy atom. The van der Waals surface area contributed by atoms with Crippen molar-refractivity contribution < 1.29 is 37.6 Å². The van der Waals surface area contributed by atoms with Gasteiger partial charge < -0.3 is 23.7 Å². The summed E-state index contributed by atoms with van der Waals surface area (Å²) in [5.74, 6) is -0.561. The van der Waals surface area contributed by atoms with Gasteiger partial charge in [-0.05, 0) is 6.92 Å². The predicted octanol–water partition coefficient (Wildman–Crippen LogP) is -0.368. The Labute approximate surface area is 118 Å². The maximum atomic E-state index is 11.1. The minimum absolute atomic E-state index is 0.0658. The Kier molecular flexibility index (Phi) is 7.57. The molecule has 0 aliphatic heterocycles. The van der Waals surface area contributed by atoms with Gasteiger partial charge >= 0.3 is 5.97 Å². The van der Waals surface area contributed by atoms with Crippen LogP contribution < -0.4 is 4.89 Å². The quantitative estimate of drug-likeness (QED) is 0.155. The van der Waals surface area contributed by atoms with Gasteiger partial charge in [0.15, 0.2) is 0 Å². The second-order valence-electron chi connectivity index (χ2n) is 5.26. The van der Waals surface area contributed by atoms with E-state index < -0.39 is 20.1 Å². The van der Waals surface area contributed by atoms with Gasteiger partial charge in [-0.15, -0.1) is 0 Å². The molecule has 0 heterocycles. The third-order valence-electron chi connectivity index (χ3n) is 1.92. The van der Waals surface area contributed by atoms with Crippen LogP contribution in [-0.2, 0) is 23.4 Å². The fourth-order valence-electron chi connectivity index (χ4n) is 1.15. The molecule has 0 aliphatic rings. The van der Waals surface area contributed by atoms with Crippen molar-refractivity contribution in [2.45, 2.75) is 13.2 Å². The van der Waals surface area contributed by atoms with Gasteiger partial charge in [0.05, 0.1) is 27.7 Å². The van der Waals surface area contributed by atoms with Crippen molar-refractivity contribution in [2.75, 3.05) is 40.9 Å². The molecule has 0 saturated heterocycles. The van der Waals surface area contributed by atoms with E-state index in [1.165, 1.54) is 6.92 Å². The zero-order chi connectivity index (χ0) is 16.0. The Morgan fingerprint density at radius 2 is 1.95 bits per heavy atom. The number of quaternary nitrogens is 1. The summed E-state index contributed by atoms with van der Waals surface area (Å²) >= 11 is 0. The molecule has 0 amide bonds. The van der Waals surface area contributed by atoms with E-state index in [1.54, 1.807) is 21.1 Å². The number of phosphoric acid groups is 1. The van der Waals surface area contributed by atoms with Crippen LogP contribution in [0.1, 0.15) is 6.92 Å². The van der Waals surface area contributed by atoms with Crippen molar-refractivity contribution in [1.82, 2.24) is 0 Å². The van der Waals surface area contributed by atoms with Crippen molar-refractivity contribution >= 4 is 13.8 Å². The highest BCUT2D eigenvalue weighted by molar-refractivity contribution is 7.44. The number of nitrogens with zero attached hydrogens (tertiary/aromatic N) is 1. The maximum Gasteiger partial charge on any atom is 0.333 e. The normalized spacial score (nSPS) is 16.3. The predicted molar refractivity (Wildman–Crippen MR) is 69.3 cm³/mol. The Bertz CT molecular complexity index is 385. The fraction of sp³-hybridized carbons (Fsp3) is 0.727. The first-order valence-corrected chi connectivity index (χ1v) is 7.37. The highest BCUT2D eigenvalue weighted by Crippen LogP contribution is 2.33. The summed E-state index contributed by atoms with van der Waals surface area (Å²) in [4.78, 5) is 30.5. The van der Waals surface area contributed by atoms with Gasteiger partial charge in [0.25, 0.3) is 7.82 Å². The monoisotopic (exact) mass is 311 g/mol. The lowest BCUT2D eigenvalue weighted by Crippen LogP contribution is -2.43. The first-order valence-electron chi connectivity index (χ1n) is 5.87. The summed E-state index contributed by atoms with van der Waals surface area (Å²) in [7, 11) is 0.500. The number of phosphoric ester groups is 1. The summed E-state index contributed by atoms with van der Waals surface area (Å²) in [5, 5.41) is 0.